The molecule has 78 valence electrons. The Labute approximate surface area is 91.1 Å². The first-order chi connectivity index (χ1) is 6.43. The third-order valence-corrected chi connectivity index (χ3v) is 3.26. The normalized spacial score (nSPS) is 12.9. The fraction of sp³-hybridized carbons (Fsp3) is 0.556. The number of halogens is 1. The molecule has 1 heterocycles. The van der Waals surface area contributed by atoms with Crippen LogP contribution in [0.25, 0.3) is 0 Å². The van der Waals surface area contributed by atoms with Gasteiger partial charge in [0.25, 0.3) is 0 Å². The number of aryl methyl sites for hydroxylation is 1. The molecule has 0 bridgehead atoms. The van der Waals surface area contributed by atoms with E-state index in [1.54, 1.807) is 4.68 Å². The van der Waals surface area contributed by atoms with Gasteiger partial charge in [-0.2, -0.15) is 5.10 Å². The summed E-state index contributed by atoms with van der Waals surface area (Å²) < 4.78 is 2.64. The second-order valence-corrected chi connectivity index (χ2v) is 4.15. The summed E-state index contributed by atoms with van der Waals surface area (Å²) in [5.74, 6) is -1.05. The van der Waals surface area contributed by atoms with Gasteiger partial charge in [0.05, 0.1) is 21.9 Å². The van der Waals surface area contributed by atoms with Crippen molar-refractivity contribution in [1.82, 2.24) is 9.78 Å². The van der Waals surface area contributed by atoms with Gasteiger partial charge >= 0.3 is 0 Å². The molecule has 0 N–H and O–H groups in total. The Kier molecular flexibility index (Phi) is 3.31. The van der Waals surface area contributed by atoms with Crippen LogP contribution in [0, 0.1) is 13.8 Å². The minimum absolute atomic E-state index is 0.0194. The smallest absolute Gasteiger partial charge is 0.0738 e. The summed E-state index contributed by atoms with van der Waals surface area (Å²) in [6, 6.07) is -0.176. The molecule has 1 atom stereocenters. The van der Waals surface area contributed by atoms with E-state index in [1.807, 2.05) is 20.8 Å². The number of rotatable bonds is 3. The van der Waals surface area contributed by atoms with E-state index in [4.69, 9.17) is 0 Å². The number of carboxylic acid groups (broad SMARTS) is 1. The summed E-state index contributed by atoms with van der Waals surface area (Å²) in [6.07, 6.45) is -0.0194. The summed E-state index contributed by atoms with van der Waals surface area (Å²) in [5, 5.41) is 14.7. The molecule has 4 nitrogen and oxygen atoms in total. The van der Waals surface area contributed by atoms with Crippen molar-refractivity contribution in [3.8, 4) is 0 Å². The third-order valence-electron chi connectivity index (χ3n) is 2.12. The Bertz CT molecular complexity index is 360. The molecule has 1 rings (SSSR count). The molecule has 0 aliphatic rings. The van der Waals surface area contributed by atoms with Gasteiger partial charge in [0.2, 0.25) is 0 Å². The maximum absolute atomic E-state index is 10.4. The molecule has 1 aromatic rings. The van der Waals surface area contributed by atoms with Crippen molar-refractivity contribution >= 4 is 21.9 Å². The van der Waals surface area contributed by atoms with Crippen molar-refractivity contribution in [3.05, 3.63) is 15.9 Å². The van der Waals surface area contributed by atoms with Crippen molar-refractivity contribution in [2.45, 2.75) is 33.2 Å². The maximum Gasteiger partial charge on any atom is 0.0738 e. The van der Waals surface area contributed by atoms with Crippen LogP contribution < -0.4 is 5.11 Å². The minimum atomic E-state index is -1.05. The lowest BCUT2D eigenvalue weighted by Crippen LogP contribution is -2.26. The standard InChI is InChI=1S/C9H13BrN2O2/c1-5(4-8(13)14)12-7(3)9(10)6(2)11-12/h5H,4H2,1-3H3,(H,13,14)/p-1/t5-/m1/s1. The highest BCUT2D eigenvalue weighted by molar-refractivity contribution is 9.10. The lowest BCUT2D eigenvalue weighted by molar-refractivity contribution is -0.306. The molecule has 0 saturated heterocycles. The van der Waals surface area contributed by atoms with Crippen LogP contribution in [0.4, 0.5) is 0 Å². The van der Waals surface area contributed by atoms with Gasteiger partial charge in [-0.05, 0) is 36.7 Å². The molecule has 0 fully saturated rings. The Morgan fingerprint density at radius 2 is 2.21 bits per heavy atom. The Morgan fingerprint density at radius 1 is 1.64 bits per heavy atom. The number of aromatic nitrogens is 2. The summed E-state index contributed by atoms with van der Waals surface area (Å²) in [7, 11) is 0. The number of hydrogen-bond donors (Lipinski definition) is 0. The first-order valence-electron chi connectivity index (χ1n) is 4.34. The number of hydrogen-bond acceptors (Lipinski definition) is 3. The number of carbonyl (C=O) groups excluding carboxylic acids is 1. The Morgan fingerprint density at radius 3 is 2.57 bits per heavy atom. The van der Waals surface area contributed by atoms with E-state index in [2.05, 4.69) is 21.0 Å². The van der Waals surface area contributed by atoms with Crippen molar-refractivity contribution in [3.63, 3.8) is 0 Å². The van der Waals surface area contributed by atoms with Crippen LogP contribution in [-0.2, 0) is 4.79 Å². The first kappa shape index (κ1) is 11.2. The fourth-order valence-corrected chi connectivity index (χ4v) is 1.66. The monoisotopic (exact) mass is 259 g/mol. The summed E-state index contributed by atoms with van der Waals surface area (Å²) >= 11 is 3.39. The van der Waals surface area contributed by atoms with Crippen LogP contribution in [-0.4, -0.2) is 15.7 Å². The molecule has 0 aliphatic heterocycles. The predicted molar refractivity (Wildman–Crippen MR) is 53.7 cm³/mol. The highest BCUT2D eigenvalue weighted by Crippen LogP contribution is 2.23. The molecule has 0 spiro atoms. The quantitative estimate of drug-likeness (QED) is 0.813. The SMILES string of the molecule is Cc1nn([C@H](C)CC(=O)[O-])c(C)c1Br. The highest BCUT2D eigenvalue weighted by atomic mass is 79.9. The zero-order chi connectivity index (χ0) is 10.9. The van der Waals surface area contributed by atoms with Gasteiger partial charge in [0.15, 0.2) is 0 Å². The number of nitrogens with zero attached hydrogens (tertiary/aromatic N) is 2. The van der Waals surface area contributed by atoms with Gasteiger partial charge in [-0.3, -0.25) is 4.68 Å². The van der Waals surface area contributed by atoms with E-state index in [1.165, 1.54) is 0 Å². The van der Waals surface area contributed by atoms with Crippen molar-refractivity contribution in [2.24, 2.45) is 0 Å². The lowest BCUT2D eigenvalue weighted by atomic mass is 10.2. The van der Waals surface area contributed by atoms with Gasteiger partial charge in [-0.25, -0.2) is 0 Å². The number of carboxylic acids is 1. The topological polar surface area (TPSA) is 58.0 Å². The van der Waals surface area contributed by atoms with Crippen molar-refractivity contribution in [2.75, 3.05) is 0 Å². The summed E-state index contributed by atoms with van der Waals surface area (Å²) in [4.78, 5) is 10.4. The van der Waals surface area contributed by atoms with Gasteiger partial charge in [-0.1, -0.05) is 0 Å². The van der Waals surface area contributed by atoms with Crippen LogP contribution in [0.3, 0.4) is 0 Å². The van der Waals surface area contributed by atoms with Crippen LogP contribution in [0.5, 0.6) is 0 Å². The average Bonchev–Trinajstić information content (AvgIpc) is 2.32. The molecule has 0 aliphatic carbocycles. The van der Waals surface area contributed by atoms with E-state index >= 15 is 0 Å². The van der Waals surface area contributed by atoms with E-state index in [0.29, 0.717) is 0 Å². The molecular weight excluding hydrogens is 248 g/mol. The van der Waals surface area contributed by atoms with Crippen LogP contribution >= 0.6 is 15.9 Å². The second-order valence-electron chi connectivity index (χ2n) is 3.35. The van der Waals surface area contributed by atoms with Gasteiger partial charge in [-0.15, -0.1) is 0 Å². The zero-order valence-electron chi connectivity index (χ0n) is 8.37. The third kappa shape index (κ3) is 2.15. The molecule has 0 aromatic carbocycles. The van der Waals surface area contributed by atoms with Crippen LogP contribution in [0.15, 0.2) is 4.47 Å². The molecular formula is C9H12BrN2O2-. The molecule has 0 radical (unpaired) electrons. The van der Waals surface area contributed by atoms with Gasteiger partial charge < -0.3 is 9.90 Å². The van der Waals surface area contributed by atoms with Crippen molar-refractivity contribution < 1.29 is 9.90 Å². The molecule has 5 heteroatoms. The fourth-order valence-electron chi connectivity index (χ4n) is 1.40. The largest absolute Gasteiger partial charge is 0.550 e. The molecule has 14 heavy (non-hydrogen) atoms. The molecule has 1 aromatic heterocycles. The Hall–Kier alpha value is -0.840. The average molecular weight is 260 g/mol. The molecule has 0 saturated carbocycles. The van der Waals surface area contributed by atoms with Gasteiger partial charge in [0.1, 0.15) is 0 Å². The predicted octanol–water partition coefficient (Wildman–Crippen LogP) is 0.963. The summed E-state index contributed by atoms with van der Waals surface area (Å²) in [6.45, 7) is 5.58. The summed E-state index contributed by atoms with van der Waals surface area (Å²) in [5.41, 5.74) is 1.81. The second kappa shape index (κ2) is 4.13. The van der Waals surface area contributed by atoms with Crippen molar-refractivity contribution in [1.29, 1.82) is 0 Å². The first-order valence-corrected chi connectivity index (χ1v) is 5.13. The molecule has 0 amide bonds. The van der Waals surface area contributed by atoms with Crippen LogP contribution in [0.2, 0.25) is 0 Å². The molecule has 0 unspecified atom stereocenters. The lowest BCUT2D eigenvalue weighted by Gasteiger charge is -2.14. The van der Waals surface area contributed by atoms with Crippen LogP contribution in [0.1, 0.15) is 30.8 Å². The highest BCUT2D eigenvalue weighted by Gasteiger charge is 2.13. The Balaban J connectivity index is 2.95. The van der Waals surface area contributed by atoms with E-state index in [-0.39, 0.29) is 12.5 Å². The number of carbonyl (C=O) groups is 1. The van der Waals surface area contributed by atoms with E-state index in [9.17, 15) is 9.90 Å². The number of aliphatic carboxylic acids is 1. The minimum Gasteiger partial charge on any atom is -0.550 e. The van der Waals surface area contributed by atoms with E-state index in [0.717, 1.165) is 15.9 Å². The zero-order valence-corrected chi connectivity index (χ0v) is 9.96. The van der Waals surface area contributed by atoms with E-state index < -0.39 is 5.97 Å². The van der Waals surface area contributed by atoms with Gasteiger partial charge in [0, 0.05) is 12.4 Å². The maximum atomic E-state index is 10.4.